The maximum absolute atomic E-state index is 6.61. The van der Waals surface area contributed by atoms with Crippen LogP contribution in [-0.2, 0) is 0 Å². The number of rotatable bonds is 4. The predicted octanol–water partition coefficient (Wildman–Crippen LogP) is 8.41. The Hall–Kier alpha value is -5.42. The zero-order chi connectivity index (χ0) is 26.5. The topological polar surface area (TPSA) is 52.0 Å². The van der Waals surface area contributed by atoms with E-state index in [-0.39, 0.29) is 6.23 Å². The maximum Gasteiger partial charge on any atom is 0.196 e. The molecule has 1 aliphatic heterocycles. The van der Waals surface area contributed by atoms with Crippen LogP contribution in [0, 0.1) is 0 Å². The molecule has 0 radical (unpaired) electrons. The van der Waals surface area contributed by atoms with Crippen molar-refractivity contribution in [2.75, 3.05) is 5.32 Å². The number of nitrogens with one attached hydrogen (secondary N) is 1. The molecule has 0 aliphatic carbocycles. The Morgan fingerprint density at radius 1 is 0.625 bits per heavy atom. The third-order valence-corrected chi connectivity index (χ3v) is 7.58. The van der Waals surface area contributed by atoms with E-state index in [1.54, 1.807) is 12.4 Å². The predicted molar refractivity (Wildman–Crippen MR) is 161 cm³/mol. The summed E-state index contributed by atoms with van der Waals surface area (Å²) in [7, 11) is 0. The molecular weight excluding hydrogens is 492 g/mol. The van der Waals surface area contributed by atoms with Crippen molar-refractivity contribution in [1.29, 1.82) is 0 Å². The number of hydrogen-bond donors (Lipinski definition) is 1. The van der Waals surface area contributed by atoms with Crippen LogP contribution in [0.3, 0.4) is 0 Å². The largest absolute Gasteiger partial charge is 0.464 e. The Kier molecular flexibility index (Phi) is 5.13. The van der Waals surface area contributed by atoms with Gasteiger partial charge in [-0.3, -0.25) is 9.97 Å². The van der Waals surface area contributed by atoms with Crippen molar-refractivity contribution in [2.24, 2.45) is 0 Å². The lowest BCUT2D eigenvalue weighted by molar-refractivity contribution is 0.263. The first-order chi connectivity index (χ1) is 19.8. The minimum atomic E-state index is -0.227. The highest BCUT2D eigenvalue weighted by molar-refractivity contribution is 6.14. The van der Waals surface area contributed by atoms with Crippen LogP contribution >= 0.6 is 0 Å². The molecule has 1 aliphatic rings. The third-order valence-electron chi connectivity index (χ3n) is 7.58. The first kappa shape index (κ1) is 22.6. The molecule has 4 aromatic carbocycles. The molecule has 5 heteroatoms. The van der Waals surface area contributed by atoms with E-state index in [0.29, 0.717) is 0 Å². The molecule has 0 amide bonds. The van der Waals surface area contributed by atoms with Gasteiger partial charge in [0.2, 0.25) is 0 Å². The van der Waals surface area contributed by atoms with Crippen LogP contribution in [0.25, 0.3) is 49.7 Å². The van der Waals surface area contributed by atoms with Crippen molar-refractivity contribution in [3.05, 3.63) is 140 Å². The SMILES string of the molecule is c1ccc(C2Nc3ccc4c(c3O2)c2ccccc2n4-c2cc(-c3cccnc3)cc(-c3cccnc3)c2)cc1. The summed E-state index contributed by atoms with van der Waals surface area (Å²) in [5.41, 5.74) is 9.71. The zero-order valence-electron chi connectivity index (χ0n) is 21.5. The summed E-state index contributed by atoms with van der Waals surface area (Å²) in [6, 6.07) is 38.0. The molecule has 1 atom stereocenters. The fraction of sp³-hybridized carbons (Fsp3) is 0.0286. The Morgan fingerprint density at radius 3 is 2.02 bits per heavy atom. The average Bonchev–Trinajstić information content (AvgIpc) is 3.62. The molecule has 1 unspecified atom stereocenters. The van der Waals surface area contributed by atoms with Crippen molar-refractivity contribution in [1.82, 2.24) is 14.5 Å². The average molecular weight is 517 g/mol. The van der Waals surface area contributed by atoms with Gasteiger partial charge in [-0.25, -0.2) is 0 Å². The molecule has 0 bridgehead atoms. The monoisotopic (exact) mass is 516 g/mol. The Labute approximate surface area is 231 Å². The molecule has 8 rings (SSSR count). The van der Waals surface area contributed by atoms with Gasteiger partial charge in [-0.05, 0) is 59.7 Å². The summed E-state index contributed by atoms with van der Waals surface area (Å²) in [6.45, 7) is 0. The van der Waals surface area contributed by atoms with E-state index in [4.69, 9.17) is 4.74 Å². The van der Waals surface area contributed by atoms with E-state index in [0.717, 1.165) is 66.7 Å². The summed E-state index contributed by atoms with van der Waals surface area (Å²) in [5, 5.41) is 5.83. The molecule has 4 heterocycles. The minimum absolute atomic E-state index is 0.227. The van der Waals surface area contributed by atoms with Crippen LogP contribution in [0.5, 0.6) is 5.75 Å². The van der Waals surface area contributed by atoms with Crippen LogP contribution in [0.1, 0.15) is 11.8 Å². The summed E-state index contributed by atoms with van der Waals surface area (Å²) in [6.07, 6.45) is 7.21. The minimum Gasteiger partial charge on any atom is -0.464 e. The zero-order valence-corrected chi connectivity index (χ0v) is 21.5. The van der Waals surface area contributed by atoms with E-state index < -0.39 is 0 Å². The smallest absolute Gasteiger partial charge is 0.196 e. The normalized spacial score (nSPS) is 14.2. The molecular formula is C35H24N4O. The highest BCUT2D eigenvalue weighted by atomic mass is 16.5. The highest BCUT2D eigenvalue weighted by Gasteiger charge is 2.28. The lowest BCUT2D eigenvalue weighted by Gasteiger charge is -2.14. The van der Waals surface area contributed by atoms with E-state index in [9.17, 15) is 0 Å². The van der Waals surface area contributed by atoms with Gasteiger partial charge in [0, 0.05) is 52.6 Å². The van der Waals surface area contributed by atoms with Gasteiger partial charge < -0.3 is 14.6 Å². The van der Waals surface area contributed by atoms with Gasteiger partial charge in [-0.2, -0.15) is 0 Å². The summed E-state index contributed by atoms with van der Waals surface area (Å²) in [4.78, 5) is 8.77. The number of nitrogens with zero attached hydrogens (tertiary/aromatic N) is 3. The van der Waals surface area contributed by atoms with Crippen LogP contribution in [0.4, 0.5) is 5.69 Å². The molecule has 0 saturated carbocycles. The van der Waals surface area contributed by atoms with Crippen molar-refractivity contribution in [3.63, 3.8) is 0 Å². The number of pyridine rings is 2. The lowest BCUT2D eigenvalue weighted by Crippen LogP contribution is -2.09. The molecule has 0 fully saturated rings. The number of hydrogen-bond acceptors (Lipinski definition) is 4. The lowest BCUT2D eigenvalue weighted by atomic mass is 9.99. The quantitative estimate of drug-likeness (QED) is 0.255. The van der Waals surface area contributed by atoms with E-state index in [1.807, 2.05) is 42.7 Å². The van der Waals surface area contributed by atoms with Crippen molar-refractivity contribution in [3.8, 4) is 33.7 Å². The second-order valence-corrected chi connectivity index (χ2v) is 9.99. The van der Waals surface area contributed by atoms with Crippen molar-refractivity contribution in [2.45, 2.75) is 6.23 Å². The van der Waals surface area contributed by atoms with Gasteiger partial charge in [0.1, 0.15) is 0 Å². The van der Waals surface area contributed by atoms with Crippen molar-refractivity contribution < 1.29 is 4.74 Å². The number of anilines is 1. The number of fused-ring (bicyclic) bond motifs is 5. The van der Waals surface area contributed by atoms with Gasteiger partial charge in [0.25, 0.3) is 0 Å². The number of aromatic nitrogens is 3. The van der Waals surface area contributed by atoms with Crippen LogP contribution in [0.2, 0.25) is 0 Å². The maximum atomic E-state index is 6.61. The summed E-state index contributed by atoms with van der Waals surface area (Å²) in [5.74, 6) is 0.886. The summed E-state index contributed by atoms with van der Waals surface area (Å²) < 4.78 is 8.95. The highest BCUT2D eigenvalue weighted by Crippen LogP contribution is 2.47. The van der Waals surface area contributed by atoms with Gasteiger partial charge >= 0.3 is 0 Å². The molecule has 5 nitrogen and oxygen atoms in total. The number of para-hydroxylation sites is 1. The molecule has 0 spiro atoms. The standard InChI is InChI=1S/C35H24N4O/c1-2-8-23(9-3-1)35-38-30-14-15-32-33(34(30)40-35)29-12-4-5-13-31(29)39(32)28-19-26(24-10-6-16-36-21-24)18-27(20-28)25-11-7-17-37-22-25/h1-22,35,38H. The van der Waals surface area contributed by atoms with Gasteiger partial charge in [0.15, 0.2) is 12.0 Å². The van der Waals surface area contributed by atoms with Gasteiger partial charge in [-0.15, -0.1) is 0 Å². The molecule has 0 saturated heterocycles. The van der Waals surface area contributed by atoms with E-state index in [2.05, 4.69) is 98.7 Å². The van der Waals surface area contributed by atoms with E-state index >= 15 is 0 Å². The molecule has 7 aromatic rings. The third kappa shape index (κ3) is 3.63. The number of ether oxygens (including phenoxy) is 1. The second kappa shape index (κ2) is 9.10. The van der Waals surface area contributed by atoms with E-state index in [1.165, 1.54) is 0 Å². The van der Waals surface area contributed by atoms with Crippen LogP contribution < -0.4 is 10.1 Å². The van der Waals surface area contributed by atoms with Gasteiger partial charge in [0.05, 0.1) is 22.1 Å². The van der Waals surface area contributed by atoms with Gasteiger partial charge in [-0.1, -0.05) is 60.7 Å². The Bertz CT molecular complexity index is 1940. The Balaban J connectivity index is 1.37. The Morgan fingerprint density at radius 2 is 1.32 bits per heavy atom. The van der Waals surface area contributed by atoms with Crippen molar-refractivity contribution >= 4 is 27.5 Å². The second-order valence-electron chi connectivity index (χ2n) is 9.99. The molecule has 190 valence electrons. The molecule has 40 heavy (non-hydrogen) atoms. The first-order valence-corrected chi connectivity index (χ1v) is 13.3. The first-order valence-electron chi connectivity index (χ1n) is 13.3. The number of benzene rings is 4. The molecule has 1 N–H and O–H groups in total. The molecule has 3 aromatic heterocycles. The van der Waals surface area contributed by atoms with Crippen LogP contribution in [-0.4, -0.2) is 14.5 Å². The van der Waals surface area contributed by atoms with Crippen LogP contribution in [0.15, 0.2) is 134 Å². The fourth-order valence-corrected chi connectivity index (χ4v) is 5.75. The summed E-state index contributed by atoms with van der Waals surface area (Å²) >= 11 is 0. The fourth-order valence-electron chi connectivity index (χ4n) is 5.75.